The van der Waals surface area contributed by atoms with Crippen molar-refractivity contribution in [2.75, 3.05) is 16.4 Å². The summed E-state index contributed by atoms with van der Waals surface area (Å²) in [6.45, 7) is 3.32. The number of thioether (sulfide) groups is 1. The van der Waals surface area contributed by atoms with Crippen LogP contribution in [0, 0.1) is 35.0 Å². The van der Waals surface area contributed by atoms with Gasteiger partial charge >= 0.3 is 0 Å². The third-order valence-electron chi connectivity index (χ3n) is 7.59. The number of nitrogens with one attached hydrogen (secondary N) is 2. The molecule has 1 saturated heterocycles. The molecule has 1 aliphatic heterocycles. The van der Waals surface area contributed by atoms with E-state index in [-0.39, 0.29) is 30.2 Å². The van der Waals surface area contributed by atoms with Gasteiger partial charge in [-0.1, -0.05) is 43.3 Å². The van der Waals surface area contributed by atoms with Crippen molar-refractivity contribution in [1.82, 2.24) is 0 Å². The Kier molecular flexibility index (Phi) is 10.6. The highest BCUT2D eigenvalue weighted by atomic mass is 32.2. The first-order valence-corrected chi connectivity index (χ1v) is 15.4. The van der Waals surface area contributed by atoms with Crippen molar-refractivity contribution in [3.05, 3.63) is 124 Å². The minimum atomic E-state index is -2.36. The van der Waals surface area contributed by atoms with Crippen molar-refractivity contribution in [2.45, 2.75) is 43.8 Å². The fourth-order valence-electron chi connectivity index (χ4n) is 5.05. The molecule has 7 nitrogen and oxygen atoms in total. The zero-order valence-electron chi connectivity index (χ0n) is 25.0. The Balaban J connectivity index is 1.35. The summed E-state index contributed by atoms with van der Waals surface area (Å²) in [7, 11) is 0. The van der Waals surface area contributed by atoms with Gasteiger partial charge in [0.1, 0.15) is 5.56 Å². The topological polar surface area (TPSA) is 96.9 Å². The zero-order valence-corrected chi connectivity index (χ0v) is 25.8. The van der Waals surface area contributed by atoms with Crippen LogP contribution in [0.25, 0.3) is 0 Å². The summed E-state index contributed by atoms with van der Waals surface area (Å²) in [6, 6.07) is 20.6. The Bertz CT molecular complexity index is 1730. The summed E-state index contributed by atoms with van der Waals surface area (Å²) in [6.07, 6.45) is -1.60. The summed E-state index contributed by atoms with van der Waals surface area (Å²) in [5, 5.41) is 14.4. The molecule has 0 saturated carbocycles. The Morgan fingerprint density at radius 2 is 1.28 bits per heavy atom. The van der Waals surface area contributed by atoms with Crippen molar-refractivity contribution >= 4 is 35.0 Å². The van der Waals surface area contributed by atoms with Gasteiger partial charge in [-0.15, -0.1) is 11.8 Å². The van der Waals surface area contributed by atoms with Gasteiger partial charge in [0, 0.05) is 40.4 Å². The van der Waals surface area contributed by atoms with Gasteiger partial charge in [0.05, 0.1) is 18.8 Å². The van der Waals surface area contributed by atoms with Crippen LogP contribution in [0.15, 0.2) is 77.7 Å². The van der Waals surface area contributed by atoms with Crippen LogP contribution in [-0.2, 0) is 20.9 Å². The van der Waals surface area contributed by atoms with Crippen LogP contribution >= 0.6 is 11.8 Å². The molecule has 4 atom stereocenters. The molecule has 1 fully saturated rings. The Morgan fingerprint density at radius 3 is 1.85 bits per heavy atom. The number of hydrogen-bond donors (Lipinski definition) is 3. The molecule has 0 radical (unpaired) electrons. The normalized spacial score (nSPS) is 19.3. The molecule has 0 bridgehead atoms. The van der Waals surface area contributed by atoms with Gasteiger partial charge in [-0.2, -0.15) is 0 Å². The lowest BCUT2D eigenvalue weighted by atomic mass is 9.91. The van der Waals surface area contributed by atoms with Gasteiger partial charge in [0.2, 0.25) is 11.7 Å². The number of aliphatic hydroxyl groups is 1. The summed E-state index contributed by atoms with van der Waals surface area (Å²) in [4.78, 5) is 24.8. The zero-order chi connectivity index (χ0) is 33.8. The Labute approximate surface area is 271 Å². The van der Waals surface area contributed by atoms with Gasteiger partial charge in [0.25, 0.3) is 5.91 Å². The summed E-state index contributed by atoms with van der Waals surface area (Å²) >= 11 is 1.56. The maximum atomic E-state index is 14.1. The molecule has 1 aliphatic rings. The van der Waals surface area contributed by atoms with E-state index in [2.05, 4.69) is 10.6 Å². The predicted octanol–water partition coefficient (Wildman–Crippen LogP) is 7.67. The summed E-state index contributed by atoms with van der Waals surface area (Å²) in [5.74, 6) is -12.5. The molecule has 1 heterocycles. The lowest BCUT2D eigenvalue weighted by molar-refractivity contribution is -0.268. The first-order chi connectivity index (χ1) is 22.5. The number of benzene rings is 4. The molecular formula is C34H29F5N2O5S. The number of halogens is 5. The second kappa shape index (κ2) is 14.6. The van der Waals surface area contributed by atoms with Crippen LogP contribution in [-0.4, -0.2) is 28.8 Å². The summed E-state index contributed by atoms with van der Waals surface area (Å²) in [5.41, 5.74) is 1.25. The average Bonchev–Trinajstić information content (AvgIpc) is 3.07. The monoisotopic (exact) mass is 672 g/mol. The number of carbonyl (C=O) groups is 2. The van der Waals surface area contributed by atoms with Crippen LogP contribution in [0.2, 0.25) is 0 Å². The smallest absolute Gasteiger partial charge is 0.261 e. The minimum Gasteiger partial charge on any atom is -0.392 e. The first kappa shape index (κ1) is 34.0. The van der Waals surface area contributed by atoms with E-state index in [4.69, 9.17) is 9.47 Å². The molecule has 4 aromatic rings. The number of carbonyl (C=O) groups excluding carboxylic acids is 2. The molecular weight excluding hydrogens is 643 g/mol. The molecule has 4 unspecified atom stereocenters. The van der Waals surface area contributed by atoms with Crippen LogP contribution in [0.5, 0.6) is 0 Å². The van der Waals surface area contributed by atoms with E-state index in [1.165, 1.54) is 19.1 Å². The van der Waals surface area contributed by atoms with Crippen molar-refractivity contribution in [1.29, 1.82) is 0 Å². The van der Waals surface area contributed by atoms with Crippen LogP contribution in [0.4, 0.5) is 33.3 Å². The molecule has 246 valence electrons. The average molecular weight is 673 g/mol. The van der Waals surface area contributed by atoms with Crippen LogP contribution in [0.1, 0.15) is 53.3 Å². The minimum absolute atomic E-state index is 0.0258. The van der Waals surface area contributed by atoms with E-state index in [9.17, 15) is 36.6 Å². The van der Waals surface area contributed by atoms with Crippen molar-refractivity contribution in [3.63, 3.8) is 0 Å². The van der Waals surface area contributed by atoms with Gasteiger partial charge in [0.15, 0.2) is 29.6 Å². The van der Waals surface area contributed by atoms with E-state index in [1.54, 1.807) is 48.2 Å². The van der Waals surface area contributed by atoms with E-state index in [0.29, 0.717) is 17.0 Å². The molecule has 47 heavy (non-hydrogen) atoms. The third-order valence-corrected chi connectivity index (χ3v) is 8.69. The lowest BCUT2D eigenvalue weighted by Gasteiger charge is -2.41. The predicted molar refractivity (Wildman–Crippen MR) is 165 cm³/mol. The number of anilines is 2. The highest BCUT2D eigenvalue weighted by molar-refractivity contribution is 7.99. The highest BCUT2D eigenvalue weighted by Gasteiger charge is 2.38. The Hall–Kier alpha value is -4.30. The van der Waals surface area contributed by atoms with Gasteiger partial charge in [-0.3, -0.25) is 9.59 Å². The van der Waals surface area contributed by atoms with E-state index >= 15 is 0 Å². The quantitative estimate of drug-likeness (QED) is 0.0731. The molecule has 0 aromatic heterocycles. The first-order valence-electron chi connectivity index (χ1n) is 14.4. The number of hydrogen-bond acceptors (Lipinski definition) is 6. The fraction of sp³-hybridized carbons (Fsp3) is 0.235. The van der Waals surface area contributed by atoms with Crippen molar-refractivity contribution in [2.24, 2.45) is 5.92 Å². The molecule has 5 rings (SSSR count). The molecule has 3 N–H and O–H groups in total. The number of aliphatic hydroxyl groups excluding tert-OH is 1. The maximum Gasteiger partial charge on any atom is 0.261 e. The SMILES string of the molecule is CC(=O)Nc1ccc(SCC2OC(c3ccc(NC(=O)c4c(F)c(F)c(F)c(F)c4F)cc3)OC(c3ccc(CO)cc3)C2C)cc1. The van der Waals surface area contributed by atoms with Crippen LogP contribution in [0.3, 0.4) is 0 Å². The largest absolute Gasteiger partial charge is 0.392 e. The molecule has 0 spiro atoms. The number of ether oxygens (including phenoxy) is 2. The Morgan fingerprint density at radius 1 is 0.745 bits per heavy atom. The maximum absolute atomic E-state index is 14.1. The van der Waals surface area contributed by atoms with Crippen LogP contribution < -0.4 is 10.6 Å². The van der Waals surface area contributed by atoms with Crippen molar-refractivity contribution < 1.29 is 46.1 Å². The number of rotatable bonds is 9. The van der Waals surface area contributed by atoms with Gasteiger partial charge in [-0.25, -0.2) is 22.0 Å². The molecule has 2 amide bonds. The third kappa shape index (κ3) is 7.65. The molecule has 13 heteroatoms. The lowest BCUT2D eigenvalue weighted by Crippen LogP contribution is -2.38. The molecule has 4 aromatic carbocycles. The second-order valence-electron chi connectivity index (χ2n) is 10.9. The standard InChI is InChI=1S/C34H29F5N2O5S/c1-17-25(16-47-24-13-11-22(12-14-24)40-18(2)43)45-34(46-32(17)20-5-3-19(15-42)4-6-20)21-7-9-23(10-8-21)41-33(44)26-27(35)29(37)31(39)30(38)28(26)36/h3-14,17,25,32,34,42H,15-16H2,1-2H3,(H,40,43)(H,41,44). The fourth-order valence-corrected chi connectivity index (χ4v) is 6.11. The highest BCUT2D eigenvalue weighted by Crippen LogP contribution is 2.43. The summed E-state index contributed by atoms with van der Waals surface area (Å²) < 4.78 is 81.7. The number of amides is 2. The molecule has 0 aliphatic carbocycles. The second-order valence-corrected chi connectivity index (χ2v) is 12.0. The van der Waals surface area contributed by atoms with E-state index < -0.39 is 53.0 Å². The van der Waals surface area contributed by atoms with E-state index in [1.807, 2.05) is 31.2 Å². The van der Waals surface area contributed by atoms with Gasteiger partial charge in [-0.05, 0) is 47.5 Å². The van der Waals surface area contributed by atoms with Crippen molar-refractivity contribution in [3.8, 4) is 0 Å². The van der Waals surface area contributed by atoms with Gasteiger partial charge < -0.3 is 25.2 Å². The van der Waals surface area contributed by atoms with E-state index in [0.717, 1.165) is 16.0 Å².